The van der Waals surface area contributed by atoms with Crippen molar-refractivity contribution in [2.75, 3.05) is 6.61 Å². The molecule has 3 N–H and O–H groups in total. The number of carbonyl (C=O) groups is 1. The zero-order valence-corrected chi connectivity index (χ0v) is 28.0. The molecule has 2 unspecified atom stereocenters. The highest BCUT2D eigenvalue weighted by molar-refractivity contribution is 7.89. The van der Waals surface area contributed by atoms with Crippen LogP contribution >= 0.6 is 11.6 Å². The van der Waals surface area contributed by atoms with Crippen molar-refractivity contribution in [3.05, 3.63) is 65.2 Å². The Morgan fingerprint density at radius 1 is 1.06 bits per heavy atom. The maximum atomic E-state index is 16.8. The zero-order chi connectivity index (χ0) is 33.3. The smallest absolute Gasteiger partial charge is 0.298 e. The average Bonchev–Trinajstić information content (AvgIpc) is 3.65. The zero-order valence-electron chi connectivity index (χ0n) is 26.5. The van der Waals surface area contributed by atoms with Crippen LogP contribution in [0.25, 0.3) is 10.8 Å². The van der Waals surface area contributed by atoms with Gasteiger partial charge in [-0.1, -0.05) is 43.1 Å². The van der Waals surface area contributed by atoms with Gasteiger partial charge in [0.2, 0.25) is 15.9 Å². The van der Waals surface area contributed by atoms with E-state index >= 15 is 8.78 Å². The number of ether oxygens (including phenoxy) is 2. The number of rotatable bonds is 12. The van der Waals surface area contributed by atoms with E-state index in [1.165, 1.54) is 17.0 Å². The van der Waals surface area contributed by atoms with E-state index in [1.54, 1.807) is 30.3 Å². The summed E-state index contributed by atoms with van der Waals surface area (Å²) in [6, 6.07) is 9.94. The third kappa shape index (κ3) is 7.09. The summed E-state index contributed by atoms with van der Waals surface area (Å²) >= 11 is 6.27. The molecule has 2 bridgehead atoms. The SMILES string of the molecule is CCCCOc1cc(C(F)(F)[C@@H](NS(=O)(=O)c2cccc3cc(OC4CCCC4)ccc23)C(=O)N2C3CCC2CC(N)C3)ccc1Cl. The topological polar surface area (TPSA) is 111 Å². The molecule has 2 heterocycles. The molecule has 2 saturated heterocycles. The predicted molar refractivity (Wildman–Crippen MR) is 178 cm³/mol. The Kier molecular flexibility index (Phi) is 9.99. The summed E-state index contributed by atoms with van der Waals surface area (Å²) in [6.45, 7) is 2.24. The van der Waals surface area contributed by atoms with Gasteiger partial charge in [0.25, 0.3) is 5.92 Å². The number of halogens is 3. The number of benzene rings is 3. The van der Waals surface area contributed by atoms with E-state index in [2.05, 4.69) is 4.72 Å². The van der Waals surface area contributed by atoms with Crippen LogP contribution in [-0.2, 0) is 20.7 Å². The molecule has 0 spiro atoms. The van der Waals surface area contributed by atoms with Gasteiger partial charge in [-0.2, -0.15) is 13.5 Å². The second kappa shape index (κ2) is 13.9. The number of nitrogens with zero attached hydrogens (tertiary/aromatic N) is 1. The fourth-order valence-electron chi connectivity index (χ4n) is 7.28. The minimum Gasteiger partial charge on any atom is -0.492 e. The molecule has 3 atom stereocenters. The van der Waals surface area contributed by atoms with Crippen LogP contribution in [0.1, 0.15) is 76.7 Å². The summed E-state index contributed by atoms with van der Waals surface area (Å²) in [6.07, 6.45) is 7.96. The molecule has 3 aromatic rings. The van der Waals surface area contributed by atoms with Gasteiger partial charge in [-0.25, -0.2) is 8.42 Å². The lowest BCUT2D eigenvalue weighted by Crippen LogP contribution is -2.60. The summed E-state index contributed by atoms with van der Waals surface area (Å²) in [4.78, 5) is 15.5. The van der Waals surface area contributed by atoms with E-state index in [0.717, 1.165) is 44.2 Å². The Balaban J connectivity index is 1.36. The highest BCUT2D eigenvalue weighted by atomic mass is 35.5. The number of amides is 1. The Morgan fingerprint density at radius 2 is 1.79 bits per heavy atom. The lowest BCUT2D eigenvalue weighted by molar-refractivity contribution is -0.149. The summed E-state index contributed by atoms with van der Waals surface area (Å²) in [5.41, 5.74) is 5.62. The minimum atomic E-state index is -4.66. The van der Waals surface area contributed by atoms with Gasteiger partial charge < -0.3 is 20.1 Å². The van der Waals surface area contributed by atoms with E-state index in [4.69, 9.17) is 26.8 Å². The van der Waals surface area contributed by atoms with Crippen molar-refractivity contribution < 1.29 is 31.5 Å². The number of unbranched alkanes of at least 4 members (excludes halogenated alkanes) is 1. The Labute approximate surface area is 280 Å². The minimum absolute atomic E-state index is 0.0417. The molecule has 3 aromatic carbocycles. The van der Waals surface area contributed by atoms with E-state index in [-0.39, 0.29) is 46.5 Å². The van der Waals surface area contributed by atoms with Crippen LogP contribution in [-0.4, -0.2) is 56.1 Å². The highest BCUT2D eigenvalue weighted by Crippen LogP contribution is 2.42. The number of piperidine rings is 1. The maximum Gasteiger partial charge on any atom is 0.298 e. The molecular weight excluding hydrogens is 648 g/mol. The first kappa shape index (κ1) is 33.9. The molecule has 3 aliphatic rings. The molecule has 12 heteroatoms. The lowest BCUT2D eigenvalue weighted by atomic mass is 9.94. The van der Waals surface area contributed by atoms with Gasteiger partial charge in [-0.05, 0) is 99.6 Å². The number of nitrogens with two attached hydrogens (primary N) is 1. The van der Waals surface area contributed by atoms with Gasteiger partial charge in [0.1, 0.15) is 11.5 Å². The van der Waals surface area contributed by atoms with Crippen LogP contribution in [0.3, 0.4) is 0 Å². The van der Waals surface area contributed by atoms with E-state index in [0.29, 0.717) is 48.6 Å². The largest absolute Gasteiger partial charge is 0.492 e. The number of alkyl halides is 2. The molecular formula is C35H42ClF2N3O5S. The van der Waals surface area contributed by atoms with Gasteiger partial charge in [0.15, 0.2) is 6.04 Å². The molecule has 254 valence electrons. The third-order valence-corrected chi connectivity index (χ3v) is 11.5. The molecule has 3 fully saturated rings. The normalized spacial score (nSPS) is 22.5. The van der Waals surface area contributed by atoms with E-state index in [1.807, 2.05) is 6.92 Å². The fraction of sp³-hybridized carbons (Fsp3) is 0.514. The quantitative estimate of drug-likeness (QED) is 0.200. The first-order valence-electron chi connectivity index (χ1n) is 16.6. The first-order valence-corrected chi connectivity index (χ1v) is 18.4. The van der Waals surface area contributed by atoms with Crippen molar-refractivity contribution in [1.82, 2.24) is 9.62 Å². The second-order valence-corrected chi connectivity index (χ2v) is 15.1. The van der Waals surface area contributed by atoms with Crippen LogP contribution < -0.4 is 19.9 Å². The number of carbonyl (C=O) groups excluding carboxylic acids is 1. The molecule has 6 rings (SSSR count). The number of hydrogen-bond donors (Lipinski definition) is 2. The summed E-state index contributed by atoms with van der Waals surface area (Å²) in [5.74, 6) is -4.29. The first-order chi connectivity index (χ1) is 22.5. The summed E-state index contributed by atoms with van der Waals surface area (Å²) < 4.78 is 75.7. The van der Waals surface area contributed by atoms with Gasteiger partial charge in [-0.15, -0.1) is 0 Å². The fourth-order valence-corrected chi connectivity index (χ4v) is 8.87. The highest BCUT2D eigenvalue weighted by Gasteiger charge is 2.54. The molecule has 47 heavy (non-hydrogen) atoms. The molecule has 1 amide bonds. The Morgan fingerprint density at radius 3 is 2.49 bits per heavy atom. The molecule has 8 nitrogen and oxygen atoms in total. The standard InChI is InChI=1S/C35H42ClF2N3O5S/c1-2-3-17-45-31-19-23(11-16-30(31)36)35(37,38)33(34(42)41-25-12-13-26(41)21-24(39)20-25)40-47(43,44)32-10-6-7-22-18-28(14-15-29(22)32)46-27-8-4-5-9-27/h6-7,10-11,14-16,18-19,24-27,33,40H,2-5,8-9,12-13,17,20-21,39H2,1H3/t24?,25?,26?,33-/m0/s1. The molecule has 0 aromatic heterocycles. The van der Waals surface area contributed by atoms with Gasteiger partial charge in [0, 0.05) is 29.1 Å². The average molecular weight is 690 g/mol. The molecule has 2 aliphatic heterocycles. The van der Waals surface area contributed by atoms with E-state index in [9.17, 15) is 13.2 Å². The summed E-state index contributed by atoms with van der Waals surface area (Å²) in [7, 11) is -4.66. The van der Waals surface area contributed by atoms with Crippen LogP contribution in [0.15, 0.2) is 59.5 Å². The van der Waals surface area contributed by atoms with Crippen LogP contribution in [0.5, 0.6) is 11.5 Å². The van der Waals surface area contributed by atoms with Crippen molar-refractivity contribution >= 4 is 38.3 Å². The van der Waals surface area contributed by atoms with E-state index < -0.39 is 33.5 Å². The van der Waals surface area contributed by atoms with Gasteiger partial charge in [-0.3, -0.25) is 4.79 Å². The molecule has 0 radical (unpaired) electrons. The molecule has 1 aliphatic carbocycles. The number of hydrogen-bond acceptors (Lipinski definition) is 6. The second-order valence-electron chi connectivity index (χ2n) is 13.0. The molecule has 1 saturated carbocycles. The van der Waals surface area contributed by atoms with Crippen molar-refractivity contribution in [3.8, 4) is 11.5 Å². The van der Waals surface area contributed by atoms with Crippen molar-refractivity contribution in [1.29, 1.82) is 0 Å². The van der Waals surface area contributed by atoms with Crippen LogP contribution in [0.2, 0.25) is 5.02 Å². The predicted octanol–water partition coefficient (Wildman–Crippen LogP) is 6.91. The third-order valence-electron chi connectivity index (χ3n) is 9.68. The summed E-state index contributed by atoms with van der Waals surface area (Å²) in [5, 5.41) is 1.04. The monoisotopic (exact) mass is 689 g/mol. The Bertz CT molecular complexity index is 1700. The number of fused-ring (bicyclic) bond motifs is 3. The van der Waals surface area contributed by atoms with Crippen LogP contribution in [0.4, 0.5) is 8.78 Å². The van der Waals surface area contributed by atoms with Gasteiger partial charge in [0.05, 0.1) is 22.6 Å². The van der Waals surface area contributed by atoms with Crippen molar-refractivity contribution in [3.63, 3.8) is 0 Å². The van der Waals surface area contributed by atoms with Crippen molar-refractivity contribution in [2.45, 2.75) is 112 Å². The lowest BCUT2D eigenvalue weighted by Gasteiger charge is -2.41. The Hall–Kier alpha value is -2.99. The number of nitrogens with one attached hydrogen (secondary N) is 1. The maximum absolute atomic E-state index is 16.8. The van der Waals surface area contributed by atoms with Crippen molar-refractivity contribution in [2.24, 2.45) is 5.73 Å². The van der Waals surface area contributed by atoms with Gasteiger partial charge >= 0.3 is 0 Å². The number of sulfonamides is 1. The van der Waals surface area contributed by atoms with Crippen LogP contribution in [0, 0.1) is 0 Å².